The maximum absolute atomic E-state index is 14.0. The minimum Gasteiger partial charge on any atom is -0.350 e. The normalized spacial score (nSPS) is 12.5. The molecule has 0 aliphatic rings. The van der Waals surface area contributed by atoms with Crippen LogP contribution in [0.15, 0.2) is 83.8 Å². The third kappa shape index (κ3) is 8.21. The Kier molecular flexibility index (Phi) is 10.0. The lowest BCUT2D eigenvalue weighted by molar-refractivity contribution is -0.141. The molecule has 0 aliphatic carbocycles. The molecule has 0 aliphatic heterocycles. The highest BCUT2D eigenvalue weighted by molar-refractivity contribution is 7.92. The van der Waals surface area contributed by atoms with Crippen molar-refractivity contribution in [2.45, 2.75) is 57.1 Å². The molecule has 2 amide bonds. The van der Waals surface area contributed by atoms with Crippen molar-refractivity contribution >= 4 is 50.7 Å². The standard InChI is InChI=1S/C29H33Cl2N3O4S/c1-5-26(28(36)32-29(2,3)4)33(19-21-12-8-6-9-13-21)27(35)20-34(24-17-22(30)16-23(31)18-24)39(37,38)25-14-10-7-11-15-25/h6-18,26H,5,19-20H2,1-4H3,(H,32,36)/t26-/m1/s1. The minimum absolute atomic E-state index is 0.000949. The summed E-state index contributed by atoms with van der Waals surface area (Å²) in [6, 6.07) is 20.6. The quantitative estimate of drug-likeness (QED) is 0.318. The van der Waals surface area contributed by atoms with Gasteiger partial charge in [-0.3, -0.25) is 13.9 Å². The largest absolute Gasteiger partial charge is 0.350 e. The van der Waals surface area contributed by atoms with E-state index in [1.165, 1.54) is 35.2 Å². The van der Waals surface area contributed by atoms with Crippen molar-refractivity contribution in [3.8, 4) is 0 Å². The van der Waals surface area contributed by atoms with E-state index in [-0.39, 0.29) is 33.1 Å². The van der Waals surface area contributed by atoms with Gasteiger partial charge in [0.25, 0.3) is 10.0 Å². The number of nitrogens with one attached hydrogen (secondary N) is 1. The highest BCUT2D eigenvalue weighted by atomic mass is 35.5. The van der Waals surface area contributed by atoms with Crippen LogP contribution in [-0.2, 0) is 26.2 Å². The van der Waals surface area contributed by atoms with E-state index in [4.69, 9.17) is 23.2 Å². The summed E-state index contributed by atoms with van der Waals surface area (Å²) in [5, 5.41) is 3.38. The van der Waals surface area contributed by atoms with Gasteiger partial charge in [-0.1, -0.05) is 78.7 Å². The summed E-state index contributed by atoms with van der Waals surface area (Å²) in [7, 11) is -4.20. The zero-order valence-electron chi connectivity index (χ0n) is 22.4. The summed E-state index contributed by atoms with van der Waals surface area (Å²) < 4.78 is 28.6. The van der Waals surface area contributed by atoms with Crippen molar-refractivity contribution < 1.29 is 18.0 Å². The topological polar surface area (TPSA) is 86.8 Å². The fourth-order valence-corrected chi connectivity index (χ4v) is 6.02. The second-order valence-electron chi connectivity index (χ2n) is 10.1. The molecule has 3 aromatic rings. The number of hydrogen-bond donors (Lipinski definition) is 1. The van der Waals surface area contributed by atoms with Gasteiger partial charge in [0.1, 0.15) is 12.6 Å². The molecule has 1 atom stereocenters. The number of carbonyl (C=O) groups excluding carboxylic acids is 2. The van der Waals surface area contributed by atoms with Gasteiger partial charge >= 0.3 is 0 Å². The van der Waals surface area contributed by atoms with Gasteiger partial charge in [0.2, 0.25) is 11.8 Å². The van der Waals surface area contributed by atoms with E-state index in [1.54, 1.807) is 18.2 Å². The smallest absolute Gasteiger partial charge is 0.264 e. The summed E-state index contributed by atoms with van der Waals surface area (Å²) in [6.07, 6.45) is 0.328. The Morgan fingerprint density at radius 2 is 1.44 bits per heavy atom. The molecule has 39 heavy (non-hydrogen) atoms. The summed E-state index contributed by atoms with van der Waals surface area (Å²) in [4.78, 5) is 28.8. The first-order valence-electron chi connectivity index (χ1n) is 12.5. The lowest BCUT2D eigenvalue weighted by Crippen LogP contribution is -2.55. The SMILES string of the molecule is CC[C@H](C(=O)NC(C)(C)C)N(Cc1ccccc1)C(=O)CN(c1cc(Cl)cc(Cl)c1)S(=O)(=O)c1ccccc1. The van der Waals surface area contributed by atoms with Crippen LogP contribution in [0, 0.1) is 0 Å². The van der Waals surface area contributed by atoms with Gasteiger partial charge in [-0.15, -0.1) is 0 Å². The van der Waals surface area contributed by atoms with Crippen LogP contribution in [0.5, 0.6) is 0 Å². The number of halogens is 2. The van der Waals surface area contributed by atoms with E-state index in [0.717, 1.165) is 9.87 Å². The number of hydrogen-bond acceptors (Lipinski definition) is 4. The molecule has 208 valence electrons. The molecule has 7 nitrogen and oxygen atoms in total. The van der Waals surface area contributed by atoms with Gasteiger partial charge in [-0.05, 0) is 63.1 Å². The Balaban J connectivity index is 2.08. The summed E-state index contributed by atoms with van der Waals surface area (Å²) >= 11 is 12.4. The lowest BCUT2D eigenvalue weighted by atomic mass is 10.1. The predicted molar refractivity (Wildman–Crippen MR) is 156 cm³/mol. The number of anilines is 1. The van der Waals surface area contributed by atoms with Crippen LogP contribution >= 0.6 is 23.2 Å². The molecule has 0 spiro atoms. The van der Waals surface area contributed by atoms with E-state index in [9.17, 15) is 18.0 Å². The van der Waals surface area contributed by atoms with Gasteiger partial charge in [0, 0.05) is 22.1 Å². The molecular weight excluding hydrogens is 557 g/mol. The Bertz CT molecular complexity index is 1370. The molecule has 0 aromatic heterocycles. The van der Waals surface area contributed by atoms with Crippen molar-refractivity contribution in [1.82, 2.24) is 10.2 Å². The van der Waals surface area contributed by atoms with Gasteiger partial charge in [-0.2, -0.15) is 0 Å². The van der Waals surface area contributed by atoms with Gasteiger partial charge in [0.05, 0.1) is 10.6 Å². The molecule has 10 heteroatoms. The third-order valence-electron chi connectivity index (χ3n) is 5.83. The van der Waals surface area contributed by atoms with Crippen LogP contribution in [-0.4, -0.2) is 43.3 Å². The van der Waals surface area contributed by atoms with Crippen LogP contribution < -0.4 is 9.62 Å². The Labute approximate surface area is 240 Å². The Hall–Kier alpha value is -3.07. The highest BCUT2D eigenvalue weighted by Crippen LogP contribution is 2.30. The molecule has 0 saturated carbocycles. The van der Waals surface area contributed by atoms with E-state index in [1.807, 2.05) is 58.0 Å². The average molecular weight is 591 g/mol. The summed E-state index contributed by atoms with van der Waals surface area (Å²) in [5.74, 6) is -0.872. The van der Waals surface area contributed by atoms with Crippen molar-refractivity contribution in [2.24, 2.45) is 0 Å². The van der Waals surface area contributed by atoms with Crippen LogP contribution in [0.4, 0.5) is 5.69 Å². The van der Waals surface area contributed by atoms with Crippen LogP contribution in [0.2, 0.25) is 10.0 Å². The first kappa shape index (κ1) is 30.5. The molecule has 0 saturated heterocycles. The van der Waals surface area contributed by atoms with E-state index < -0.39 is 34.1 Å². The fraction of sp³-hybridized carbons (Fsp3) is 0.310. The predicted octanol–water partition coefficient (Wildman–Crippen LogP) is 5.91. The zero-order chi connectivity index (χ0) is 28.8. The second-order valence-corrected chi connectivity index (χ2v) is 12.9. The number of nitrogens with zero attached hydrogens (tertiary/aromatic N) is 2. The first-order chi connectivity index (χ1) is 18.3. The summed E-state index contributed by atoms with van der Waals surface area (Å²) in [5.41, 5.74) is 0.416. The molecule has 3 rings (SSSR count). The molecule has 0 fully saturated rings. The molecule has 1 N–H and O–H groups in total. The minimum atomic E-state index is -4.20. The lowest BCUT2D eigenvalue weighted by Gasteiger charge is -2.34. The Morgan fingerprint density at radius 1 is 0.897 bits per heavy atom. The Morgan fingerprint density at radius 3 is 1.95 bits per heavy atom. The van der Waals surface area contributed by atoms with Gasteiger partial charge < -0.3 is 10.2 Å². The molecule has 3 aromatic carbocycles. The maximum Gasteiger partial charge on any atom is 0.264 e. The number of benzene rings is 3. The number of rotatable bonds is 10. The van der Waals surface area contributed by atoms with Crippen molar-refractivity contribution in [1.29, 1.82) is 0 Å². The van der Waals surface area contributed by atoms with Crippen molar-refractivity contribution in [3.05, 3.63) is 94.5 Å². The van der Waals surface area contributed by atoms with Gasteiger partial charge in [-0.25, -0.2) is 8.42 Å². The number of amides is 2. The monoisotopic (exact) mass is 589 g/mol. The molecule has 0 bridgehead atoms. The van der Waals surface area contributed by atoms with Crippen LogP contribution in [0.1, 0.15) is 39.7 Å². The highest BCUT2D eigenvalue weighted by Gasteiger charge is 2.34. The second kappa shape index (κ2) is 12.9. The van der Waals surface area contributed by atoms with Crippen LogP contribution in [0.3, 0.4) is 0 Å². The summed E-state index contributed by atoms with van der Waals surface area (Å²) in [6.45, 7) is 6.94. The first-order valence-corrected chi connectivity index (χ1v) is 14.7. The molecule has 0 radical (unpaired) electrons. The average Bonchev–Trinajstić information content (AvgIpc) is 2.86. The van der Waals surface area contributed by atoms with Crippen LogP contribution in [0.25, 0.3) is 0 Å². The number of carbonyl (C=O) groups is 2. The van der Waals surface area contributed by atoms with E-state index in [0.29, 0.717) is 6.42 Å². The van der Waals surface area contributed by atoms with E-state index >= 15 is 0 Å². The fourth-order valence-electron chi connectivity index (χ4n) is 4.08. The zero-order valence-corrected chi connectivity index (χ0v) is 24.7. The van der Waals surface area contributed by atoms with E-state index in [2.05, 4.69) is 5.32 Å². The number of sulfonamides is 1. The van der Waals surface area contributed by atoms with Crippen molar-refractivity contribution in [2.75, 3.05) is 10.8 Å². The maximum atomic E-state index is 14.0. The molecule has 0 heterocycles. The molecule has 0 unspecified atom stereocenters. The van der Waals surface area contributed by atoms with Crippen molar-refractivity contribution in [3.63, 3.8) is 0 Å². The molecular formula is C29H33Cl2N3O4S. The van der Waals surface area contributed by atoms with Gasteiger partial charge in [0.15, 0.2) is 0 Å². The third-order valence-corrected chi connectivity index (χ3v) is 8.05.